The van der Waals surface area contributed by atoms with Crippen LogP contribution in [0.1, 0.15) is 40.0 Å². The first-order valence-electron chi connectivity index (χ1n) is 6.53. The summed E-state index contributed by atoms with van der Waals surface area (Å²) in [6.07, 6.45) is 0.741. The minimum atomic E-state index is -1.32. The number of carbonyl (C=O) groups is 2. The van der Waals surface area contributed by atoms with Gasteiger partial charge in [-0.15, -0.1) is 0 Å². The van der Waals surface area contributed by atoms with Crippen molar-refractivity contribution in [2.75, 3.05) is 13.1 Å². The van der Waals surface area contributed by atoms with E-state index < -0.39 is 28.7 Å². The number of likely N-dealkylation sites (tertiary alicyclic amines) is 1. The Morgan fingerprint density at radius 2 is 1.79 bits per heavy atom. The third kappa shape index (κ3) is 2.41. The molecule has 1 saturated heterocycles. The SMILES string of the molecule is CC(C)(C)OC(=O)N1CCC(O)(C2(C(=O)O)CC2)C1. The smallest absolute Gasteiger partial charge is 0.410 e. The second-order valence-electron chi connectivity index (χ2n) is 6.57. The average molecular weight is 271 g/mol. The number of hydrogen-bond acceptors (Lipinski definition) is 4. The van der Waals surface area contributed by atoms with Crippen LogP contribution in [-0.2, 0) is 9.53 Å². The molecule has 2 rings (SSSR count). The molecule has 108 valence electrons. The lowest BCUT2D eigenvalue weighted by Crippen LogP contribution is -2.47. The van der Waals surface area contributed by atoms with E-state index in [0.29, 0.717) is 25.8 Å². The van der Waals surface area contributed by atoms with Crippen molar-refractivity contribution in [2.45, 2.75) is 51.2 Å². The fourth-order valence-electron chi connectivity index (χ4n) is 2.67. The molecule has 0 bridgehead atoms. The minimum absolute atomic E-state index is 0.0359. The summed E-state index contributed by atoms with van der Waals surface area (Å²) in [5.41, 5.74) is -2.98. The predicted molar refractivity (Wildman–Crippen MR) is 66.7 cm³/mol. The highest BCUT2D eigenvalue weighted by Crippen LogP contribution is 2.57. The van der Waals surface area contributed by atoms with Crippen LogP contribution in [0, 0.1) is 5.41 Å². The first kappa shape index (κ1) is 14.1. The van der Waals surface area contributed by atoms with E-state index >= 15 is 0 Å². The van der Waals surface area contributed by atoms with Crippen molar-refractivity contribution < 1.29 is 24.5 Å². The molecule has 0 aromatic carbocycles. The van der Waals surface area contributed by atoms with Gasteiger partial charge in [-0.25, -0.2) is 4.79 Å². The molecule has 1 heterocycles. The maximum atomic E-state index is 11.9. The molecule has 6 nitrogen and oxygen atoms in total. The van der Waals surface area contributed by atoms with Crippen LogP contribution in [0.2, 0.25) is 0 Å². The third-order valence-electron chi connectivity index (χ3n) is 3.95. The number of hydrogen-bond donors (Lipinski definition) is 2. The standard InChI is InChI=1S/C13H21NO5/c1-11(2,3)19-10(17)14-7-6-13(18,8-14)12(4-5-12)9(15)16/h18H,4-8H2,1-3H3,(H,15,16). The normalized spacial score (nSPS) is 29.2. The summed E-state index contributed by atoms with van der Waals surface area (Å²) >= 11 is 0. The van der Waals surface area contributed by atoms with Crippen molar-refractivity contribution in [3.8, 4) is 0 Å². The van der Waals surface area contributed by atoms with Crippen molar-refractivity contribution in [3.63, 3.8) is 0 Å². The molecule has 1 saturated carbocycles. The molecule has 0 aromatic rings. The van der Waals surface area contributed by atoms with Crippen LogP contribution in [0.4, 0.5) is 4.79 Å². The lowest BCUT2D eigenvalue weighted by atomic mass is 9.83. The lowest BCUT2D eigenvalue weighted by molar-refractivity contribution is -0.154. The quantitative estimate of drug-likeness (QED) is 0.788. The van der Waals surface area contributed by atoms with E-state index in [1.54, 1.807) is 20.8 Å². The van der Waals surface area contributed by atoms with Gasteiger partial charge >= 0.3 is 12.1 Å². The van der Waals surface area contributed by atoms with Gasteiger partial charge in [0.1, 0.15) is 11.2 Å². The zero-order valence-electron chi connectivity index (χ0n) is 11.6. The van der Waals surface area contributed by atoms with E-state index in [1.807, 2.05) is 0 Å². The van der Waals surface area contributed by atoms with Crippen molar-refractivity contribution in [1.82, 2.24) is 4.90 Å². The molecular formula is C13H21NO5. The summed E-state index contributed by atoms with van der Waals surface area (Å²) in [4.78, 5) is 24.6. The molecule has 2 N–H and O–H groups in total. The zero-order valence-corrected chi connectivity index (χ0v) is 11.6. The molecule has 0 radical (unpaired) electrons. The number of carbonyl (C=O) groups excluding carboxylic acids is 1. The molecule has 1 atom stereocenters. The molecule has 2 fully saturated rings. The summed E-state index contributed by atoms with van der Waals surface area (Å²) in [6.45, 7) is 5.68. The van der Waals surface area contributed by atoms with Gasteiger partial charge in [-0.2, -0.15) is 0 Å². The first-order valence-corrected chi connectivity index (χ1v) is 6.53. The second-order valence-corrected chi connectivity index (χ2v) is 6.57. The highest BCUT2D eigenvalue weighted by molar-refractivity contribution is 5.80. The van der Waals surface area contributed by atoms with E-state index in [2.05, 4.69) is 0 Å². The number of aliphatic carboxylic acids is 1. The van der Waals surface area contributed by atoms with Gasteiger partial charge in [0.25, 0.3) is 0 Å². The summed E-state index contributed by atoms with van der Waals surface area (Å²) in [7, 11) is 0. The number of β-amino-alcohol motifs (C(OH)–C–C–N with tert-alkyl or cyclic N) is 1. The van der Waals surface area contributed by atoms with Gasteiger partial charge in [0, 0.05) is 6.54 Å². The Labute approximate surface area is 112 Å². The Morgan fingerprint density at radius 1 is 1.21 bits per heavy atom. The highest BCUT2D eigenvalue weighted by Gasteiger charge is 2.66. The largest absolute Gasteiger partial charge is 0.481 e. The van der Waals surface area contributed by atoms with Crippen LogP contribution in [0.15, 0.2) is 0 Å². The van der Waals surface area contributed by atoms with Gasteiger partial charge in [0.15, 0.2) is 0 Å². The highest BCUT2D eigenvalue weighted by atomic mass is 16.6. The van der Waals surface area contributed by atoms with Crippen molar-refractivity contribution >= 4 is 12.1 Å². The van der Waals surface area contributed by atoms with Crippen LogP contribution in [0.25, 0.3) is 0 Å². The molecular weight excluding hydrogens is 250 g/mol. The molecule has 2 aliphatic rings. The summed E-state index contributed by atoms with van der Waals surface area (Å²) in [5, 5.41) is 19.8. The van der Waals surface area contributed by atoms with Crippen molar-refractivity contribution in [2.24, 2.45) is 5.41 Å². The number of amides is 1. The molecule has 0 spiro atoms. The Hall–Kier alpha value is -1.30. The fraction of sp³-hybridized carbons (Fsp3) is 0.846. The molecule has 1 unspecified atom stereocenters. The maximum Gasteiger partial charge on any atom is 0.410 e. The number of rotatable bonds is 2. The zero-order chi connectivity index (χ0) is 14.5. The molecule has 1 aliphatic carbocycles. The molecule has 6 heteroatoms. The maximum absolute atomic E-state index is 11.9. The minimum Gasteiger partial charge on any atom is -0.481 e. The van der Waals surface area contributed by atoms with Gasteiger partial charge in [-0.05, 0) is 40.0 Å². The van der Waals surface area contributed by atoms with Crippen LogP contribution in [-0.4, -0.2) is 51.5 Å². The number of nitrogens with zero attached hydrogens (tertiary/aromatic N) is 1. The fourth-order valence-corrected chi connectivity index (χ4v) is 2.67. The molecule has 19 heavy (non-hydrogen) atoms. The monoisotopic (exact) mass is 271 g/mol. The third-order valence-corrected chi connectivity index (χ3v) is 3.95. The topological polar surface area (TPSA) is 87.1 Å². The van der Waals surface area contributed by atoms with Gasteiger partial charge in [-0.3, -0.25) is 4.79 Å². The number of ether oxygens (including phenoxy) is 1. The van der Waals surface area contributed by atoms with Crippen molar-refractivity contribution in [1.29, 1.82) is 0 Å². The predicted octanol–water partition coefficient (Wildman–Crippen LogP) is 1.22. The molecule has 1 aliphatic heterocycles. The van der Waals surface area contributed by atoms with E-state index in [-0.39, 0.29) is 6.54 Å². The first-order chi connectivity index (χ1) is 8.60. The summed E-state index contributed by atoms with van der Waals surface area (Å²) in [5.74, 6) is -0.971. The van der Waals surface area contributed by atoms with Crippen LogP contribution < -0.4 is 0 Å². The number of carboxylic acid groups (broad SMARTS) is 1. The van der Waals surface area contributed by atoms with E-state index in [1.165, 1.54) is 4.90 Å². The van der Waals surface area contributed by atoms with Crippen LogP contribution in [0.5, 0.6) is 0 Å². The number of aliphatic hydroxyl groups is 1. The van der Waals surface area contributed by atoms with E-state index in [9.17, 15) is 19.8 Å². The van der Waals surface area contributed by atoms with Gasteiger partial charge < -0.3 is 19.8 Å². The molecule has 1 amide bonds. The van der Waals surface area contributed by atoms with Gasteiger partial charge in [-0.1, -0.05) is 0 Å². The van der Waals surface area contributed by atoms with E-state index in [4.69, 9.17) is 4.74 Å². The summed E-state index contributed by atoms with van der Waals surface area (Å²) < 4.78 is 5.24. The number of carboxylic acids is 1. The Kier molecular flexibility index (Phi) is 3.04. The Morgan fingerprint density at radius 3 is 2.21 bits per heavy atom. The molecule has 0 aromatic heterocycles. The van der Waals surface area contributed by atoms with Crippen molar-refractivity contribution in [3.05, 3.63) is 0 Å². The Bertz CT molecular complexity index is 410. The van der Waals surface area contributed by atoms with Crippen LogP contribution >= 0.6 is 0 Å². The Balaban J connectivity index is 2.04. The second kappa shape index (κ2) is 4.10. The van der Waals surface area contributed by atoms with E-state index in [0.717, 1.165) is 0 Å². The summed E-state index contributed by atoms with van der Waals surface area (Å²) in [6, 6.07) is 0. The van der Waals surface area contributed by atoms with Crippen LogP contribution in [0.3, 0.4) is 0 Å². The van der Waals surface area contributed by atoms with Gasteiger partial charge in [0.2, 0.25) is 0 Å². The van der Waals surface area contributed by atoms with Gasteiger partial charge in [0.05, 0.1) is 12.0 Å². The average Bonchev–Trinajstić information content (AvgIpc) is 2.96. The lowest BCUT2D eigenvalue weighted by Gasteiger charge is -2.30.